The Hall–Kier alpha value is -3.06. The van der Waals surface area contributed by atoms with Gasteiger partial charge >= 0.3 is 5.63 Å². The lowest BCUT2D eigenvalue weighted by molar-refractivity contribution is 0.377. The Bertz CT molecular complexity index is 1430. The molecule has 2 aromatic heterocycles. The quantitative estimate of drug-likeness (QED) is 0.616. The second kappa shape index (κ2) is 6.72. The SMILES string of the molecule is CC1=CC2C(C=C1)n1c(cc3oc(=O)c(Sc4ccccc4F)c(O)c3c1=O)C2(C)C. The second-order valence-electron chi connectivity index (χ2n) is 8.55. The molecule has 0 bridgehead atoms. The van der Waals surface area contributed by atoms with Crippen LogP contribution in [0.1, 0.15) is 32.5 Å². The van der Waals surface area contributed by atoms with E-state index < -0.39 is 22.8 Å². The lowest BCUT2D eigenvalue weighted by Gasteiger charge is -2.28. The van der Waals surface area contributed by atoms with Gasteiger partial charge in [-0.2, -0.15) is 0 Å². The number of nitrogens with zero attached hydrogens (tertiary/aromatic N) is 1. The zero-order valence-electron chi connectivity index (χ0n) is 17.2. The van der Waals surface area contributed by atoms with Crippen LogP contribution >= 0.6 is 11.8 Å². The summed E-state index contributed by atoms with van der Waals surface area (Å²) in [6.45, 7) is 6.12. The molecule has 1 N–H and O–H groups in total. The van der Waals surface area contributed by atoms with Crippen LogP contribution in [0, 0.1) is 11.7 Å². The van der Waals surface area contributed by atoms with E-state index in [1.165, 1.54) is 18.2 Å². The largest absolute Gasteiger partial charge is 0.505 e. The summed E-state index contributed by atoms with van der Waals surface area (Å²) < 4.78 is 21.2. The van der Waals surface area contributed by atoms with Gasteiger partial charge in [0.15, 0.2) is 5.75 Å². The molecule has 2 unspecified atom stereocenters. The number of hydrogen-bond donors (Lipinski definition) is 1. The summed E-state index contributed by atoms with van der Waals surface area (Å²) in [6, 6.07) is 7.39. The van der Waals surface area contributed by atoms with Gasteiger partial charge in [-0.1, -0.05) is 61.5 Å². The van der Waals surface area contributed by atoms with Crippen LogP contribution in [0.2, 0.25) is 0 Å². The molecule has 2 atom stereocenters. The molecule has 1 aliphatic carbocycles. The Balaban J connectivity index is 1.76. The summed E-state index contributed by atoms with van der Waals surface area (Å²) in [5.41, 5.74) is 0.283. The van der Waals surface area contributed by atoms with Gasteiger partial charge in [-0.3, -0.25) is 4.79 Å². The maximum absolute atomic E-state index is 14.1. The van der Waals surface area contributed by atoms with Crippen LogP contribution < -0.4 is 11.2 Å². The fraction of sp³-hybridized carbons (Fsp3) is 0.250. The van der Waals surface area contributed by atoms with E-state index in [9.17, 15) is 19.1 Å². The lowest BCUT2D eigenvalue weighted by atomic mass is 9.74. The van der Waals surface area contributed by atoms with E-state index in [1.807, 2.05) is 19.1 Å². The molecule has 3 heterocycles. The number of allylic oxidation sites excluding steroid dienone is 4. The van der Waals surface area contributed by atoms with Crippen molar-refractivity contribution in [2.75, 3.05) is 0 Å². The molecule has 2 aliphatic rings. The fourth-order valence-electron chi connectivity index (χ4n) is 4.64. The van der Waals surface area contributed by atoms with Crippen LogP contribution in [0.3, 0.4) is 0 Å². The van der Waals surface area contributed by atoms with Gasteiger partial charge in [-0.15, -0.1) is 0 Å². The van der Waals surface area contributed by atoms with Gasteiger partial charge in [0.2, 0.25) is 0 Å². The first-order chi connectivity index (χ1) is 14.7. The van der Waals surface area contributed by atoms with E-state index in [0.717, 1.165) is 23.0 Å². The van der Waals surface area contributed by atoms with Crippen molar-refractivity contribution >= 4 is 22.7 Å². The van der Waals surface area contributed by atoms with Gasteiger partial charge in [0, 0.05) is 28.0 Å². The van der Waals surface area contributed by atoms with Crippen molar-refractivity contribution in [2.24, 2.45) is 5.92 Å². The normalized spacial score (nSPS) is 21.1. The van der Waals surface area contributed by atoms with E-state index in [0.29, 0.717) is 0 Å². The average molecular weight is 437 g/mol. The van der Waals surface area contributed by atoms with E-state index >= 15 is 0 Å². The molecule has 5 nitrogen and oxygen atoms in total. The number of aromatic nitrogens is 1. The monoisotopic (exact) mass is 437 g/mol. The van der Waals surface area contributed by atoms with Gasteiger partial charge in [-0.05, 0) is 19.1 Å². The Morgan fingerprint density at radius 1 is 1.23 bits per heavy atom. The molecular formula is C24H20FNO4S. The van der Waals surface area contributed by atoms with Crippen molar-refractivity contribution in [2.45, 2.75) is 42.0 Å². The Morgan fingerprint density at radius 3 is 2.71 bits per heavy atom. The number of halogens is 1. The molecule has 0 fully saturated rings. The molecule has 5 rings (SSSR count). The van der Waals surface area contributed by atoms with Crippen molar-refractivity contribution in [1.82, 2.24) is 4.57 Å². The van der Waals surface area contributed by atoms with Gasteiger partial charge in [0.25, 0.3) is 5.56 Å². The molecule has 31 heavy (non-hydrogen) atoms. The summed E-state index contributed by atoms with van der Waals surface area (Å²) in [5.74, 6) is -0.952. The molecule has 1 aliphatic heterocycles. The maximum Gasteiger partial charge on any atom is 0.354 e. The summed E-state index contributed by atoms with van der Waals surface area (Å²) >= 11 is 0.744. The second-order valence-corrected chi connectivity index (χ2v) is 9.60. The Morgan fingerprint density at radius 2 is 1.97 bits per heavy atom. The standard InChI is InChI=1S/C24H20FNO4S/c1-12-8-9-15-13(10-12)24(2,3)18-11-16-19(22(28)26(15)18)20(27)21(23(29)30-16)31-17-7-5-4-6-14(17)25/h4-11,13,15,27H,1-3H3. The van der Waals surface area contributed by atoms with E-state index in [4.69, 9.17) is 4.42 Å². The van der Waals surface area contributed by atoms with E-state index in [2.05, 4.69) is 19.9 Å². The highest BCUT2D eigenvalue weighted by Crippen LogP contribution is 2.49. The average Bonchev–Trinajstić information content (AvgIpc) is 2.93. The zero-order chi connectivity index (χ0) is 22.1. The van der Waals surface area contributed by atoms with Crippen molar-refractivity contribution < 1.29 is 13.9 Å². The predicted molar refractivity (Wildman–Crippen MR) is 117 cm³/mol. The molecular weight excluding hydrogens is 417 g/mol. The molecule has 0 radical (unpaired) electrons. The van der Waals surface area contributed by atoms with Crippen LogP contribution in [0.15, 0.2) is 77.9 Å². The fourth-order valence-corrected chi connectivity index (χ4v) is 5.49. The third kappa shape index (κ3) is 2.83. The first-order valence-corrected chi connectivity index (χ1v) is 10.8. The minimum atomic E-state index is -0.813. The van der Waals surface area contributed by atoms with Gasteiger partial charge in [0.1, 0.15) is 21.7 Å². The first kappa shape index (κ1) is 19.9. The predicted octanol–water partition coefficient (Wildman–Crippen LogP) is 4.92. The van der Waals surface area contributed by atoms with Gasteiger partial charge in [0.05, 0.1) is 6.04 Å². The molecule has 0 saturated carbocycles. The van der Waals surface area contributed by atoms with Gasteiger partial charge < -0.3 is 14.1 Å². The minimum Gasteiger partial charge on any atom is -0.505 e. The molecule has 0 spiro atoms. The summed E-state index contributed by atoms with van der Waals surface area (Å²) in [4.78, 5) is 26.1. The van der Waals surface area contributed by atoms with Crippen molar-refractivity contribution in [3.8, 4) is 5.75 Å². The van der Waals surface area contributed by atoms with Crippen LogP contribution in [-0.4, -0.2) is 9.67 Å². The summed E-state index contributed by atoms with van der Waals surface area (Å²) in [6.07, 6.45) is 6.13. The molecule has 1 aromatic carbocycles. The Kier molecular flexibility index (Phi) is 4.31. The number of fused-ring (bicyclic) bond motifs is 4. The summed E-state index contributed by atoms with van der Waals surface area (Å²) in [7, 11) is 0. The van der Waals surface area contributed by atoms with Crippen LogP contribution in [0.25, 0.3) is 11.0 Å². The smallest absolute Gasteiger partial charge is 0.354 e. The van der Waals surface area contributed by atoms with Gasteiger partial charge in [-0.25, -0.2) is 9.18 Å². The van der Waals surface area contributed by atoms with Crippen molar-refractivity contribution in [3.05, 3.63) is 86.4 Å². The summed E-state index contributed by atoms with van der Waals surface area (Å²) in [5, 5.41) is 10.8. The van der Waals surface area contributed by atoms with Crippen LogP contribution in [0.5, 0.6) is 5.75 Å². The highest BCUT2D eigenvalue weighted by atomic mass is 32.2. The van der Waals surface area contributed by atoms with Crippen LogP contribution in [-0.2, 0) is 5.41 Å². The number of aromatic hydroxyl groups is 1. The van der Waals surface area contributed by atoms with Crippen molar-refractivity contribution in [3.63, 3.8) is 0 Å². The first-order valence-electron chi connectivity index (χ1n) is 9.95. The topological polar surface area (TPSA) is 72.4 Å². The molecule has 3 aromatic rings. The van der Waals surface area contributed by atoms with E-state index in [1.54, 1.807) is 16.7 Å². The third-order valence-electron chi connectivity index (χ3n) is 6.25. The minimum absolute atomic E-state index is 0.0352. The third-order valence-corrected chi connectivity index (χ3v) is 7.37. The number of hydrogen-bond acceptors (Lipinski definition) is 5. The molecule has 0 saturated heterocycles. The van der Waals surface area contributed by atoms with E-state index in [-0.39, 0.29) is 38.1 Å². The van der Waals surface area contributed by atoms with Crippen LogP contribution in [0.4, 0.5) is 4.39 Å². The lowest BCUT2D eigenvalue weighted by Crippen LogP contribution is -2.25. The zero-order valence-corrected chi connectivity index (χ0v) is 18.0. The maximum atomic E-state index is 14.1. The number of pyridine rings is 1. The Labute approximate surface area is 181 Å². The molecule has 158 valence electrons. The highest BCUT2D eigenvalue weighted by Gasteiger charge is 2.46. The molecule has 7 heteroatoms. The number of benzene rings is 1. The van der Waals surface area contributed by atoms with Crippen molar-refractivity contribution in [1.29, 1.82) is 0 Å². The molecule has 0 amide bonds. The number of rotatable bonds is 2. The highest BCUT2D eigenvalue weighted by molar-refractivity contribution is 7.99.